The molecule has 2 fully saturated rings. The van der Waals surface area contributed by atoms with Crippen molar-refractivity contribution in [2.45, 2.75) is 63.1 Å². The lowest BCUT2D eigenvalue weighted by Gasteiger charge is -2.31. The minimum Gasteiger partial charge on any atom is -0.354 e. The zero-order chi connectivity index (χ0) is 37.3. The molecule has 5 aromatic rings. The molecule has 1 aliphatic carbocycles. The van der Waals surface area contributed by atoms with Gasteiger partial charge in [0.1, 0.15) is 18.1 Å². The molecule has 3 N–H and O–H groups in total. The number of aryl methyl sites for hydroxylation is 2. The van der Waals surface area contributed by atoms with E-state index in [0.717, 1.165) is 70.2 Å². The van der Waals surface area contributed by atoms with E-state index in [1.165, 1.54) is 5.56 Å². The highest BCUT2D eigenvalue weighted by Crippen LogP contribution is 2.39. The van der Waals surface area contributed by atoms with Gasteiger partial charge in [0.15, 0.2) is 0 Å². The molecule has 0 unspecified atom stereocenters. The van der Waals surface area contributed by atoms with Crippen LogP contribution < -0.4 is 10.6 Å². The number of fused-ring (bicyclic) bond motifs is 5. The zero-order valence-electron chi connectivity index (χ0n) is 30.8. The van der Waals surface area contributed by atoms with E-state index in [2.05, 4.69) is 21.7 Å². The highest BCUT2D eigenvalue weighted by atomic mass is 16.2. The maximum Gasteiger partial charge on any atom is 0.247 e. The Kier molecular flexibility index (Phi) is 9.77. The predicted octanol–water partition coefficient (Wildman–Crippen LogP) is 6.34. The first-order valence-corrected chi connectivity index (χ1v) is 19.0. The summed E-state index contributed by atoms with van der Waals surface area (Å²) in [4.78, 5) is 63.2. The van der Waals surface area contributed by atoms with Gasteiger partial charge in [-0.25, -0.2) is 0 Å². The van der Waals surface area contributed by atoms with E-state index in [0.29, 0.717) is 31.6 Å². The van der Waals surface area contributed by atoms with Crippen LogP contribution in [0.4, 0.5) is 11.4 Å². The molecule has 4 amide bonds. The first-order chi connectivity index (χ1) is 26.2. The lowest BCUT2D eigenvalue weighted by atomic mass is 9.88. The molecule has 0 saturated carbocycles. The third-order valence-electron chi connectivity index (χ3n) is 11.2. The van der Waals surface area contributed by atoms with Crippen molar-refractivity contribution in [2.75, 3.05) is 37.8 Å². The standard InChI is InChI=1S/C44H46N6O4/c1-48(2)41(29-13-7-4-8-14-29)44(54)50-24-10-16-38(50)43(53)46-32-19-22-36-35(27-32)34-20-17-30-26-31(18-21-33(30)40(34)47-36)45-42(52)37-15-9-23-49(37)39(51)25-28-11-5-3-6-12-28/h3-8,11-14,18-19,21-22,26-27,37-38,41,47H,9-10,15-17,20,23-25H2,1-2H3,(H,45,52)(H,46,53)/t37-,38-,41+/m0/s1. The van der Waals surface area contributed by atoms with E-state index in [4.69, 9.17) is 0 Å². The van der Waals surface area contributed by atoms with Gasteiger partial charge in [0.25, 0.3) is 0 Å². The molecule has 276 valence electrons. The first-order valence-electron chi connectivity index (χ1n) is 19.0. The molecule has 1 aromatic heterocycles. The van der Waals surface area contributed by atoms with Crippen LogP contribution in [0.3, 0.4) is 0 Å². The Morgan fingerprint density at radius 1 is 0.759 bits per heavy atom. The highest BCUT2D eigenvalue weighted by Gasteiger charge is 2.39. The lowest BCUT2D eigenvalue weighted by molar-refractivity contribution is -0.140. The summed E-state index contributed by atoms with van der Waals surface area (Å²) in [5.74, 6) is -0.401. The van der Waals surface area contributed by atoms with Gasteiger partial charge in [0.2, 0.25) is 23.6 Å². The van der Waals surface area contributed by atoms with E-state index in [1.54, 1.807) is 9.80 Å². The second kappa shape index (κ2) is 14.9. The summed E-state index contributed by atoms with van der Waals surface area (Å²) < 4.78 is 0. The summed E-state index contributed by atoms with van der Waals surface area (Å²) in [7, 11) is 3.79. The van der Waals surface area contributed by atoms with Gasteiger partial charge in [-0.05, 0) is 105 Å². The van der Waals surface area contributed by atoms with Crippen molar-refractivity contribution in [3.8, 4) is 11.3 Å². The summed E-state index contributed by atoms with van der Waals surface area (Å²) in [6.45, 7) is 1.14. The summed E-state index contributed by atoms with van der Waals surface area (Å²) in [5, 5.41) is 7.29. The van der Waals surface area contributed by atoms with E-state index in [1.807, 2.05) is 110 Å². The molecular formula is C44H46N6O4. The van der Waals surface area contributed by atoms with Crippen LogP contribution >= 0.6 is 0 Å². The van der Waals surface area contributed by atoms with Gasteiger partial charge in [-0.15, -0.1) is 0 Å². The van der Waals surface area contributed by atoms with E-state index in [-0.39, 0.29) is 30.0 Å². The second-order valence-corrected chi connectivity index (χ2v) is 15.0. The van der Waals surface area contributed by atoms with Crippen LogP contribution in [0.1, 0.15) is 54.0 Å². The molecule has 2 saturated heterocycles. The molecule has 0 bridgehead atoms. The summed E-state index contributed by atoms with van der Waals surface area (Å²) in [6, 6.07) is 29.9. The Balaban J connectivity index is 0.951. The minimum absolute atomic E-state index is 0.0223. The molecule has 3 heterocycles. The van der Waals surface area contributed by atoms with Crippen molar-refractivity contribution in [2.24, 2.45) is 0 Å². The Bertz CT molecular complexity index is 2210. The highest BCUT2D eigenvalue weighted by molar-refractivity contribution is 6.02. The van der Waals surface area contributed by atoms with Gasteiger partial charge >= 0.3 is 0 Å². The molecule has 4 aromatic carbocycles. The molecule has 0 spiro atoms. The van der Waals surface area contributed by atoms with Gasteiger partial charge in [0, 0.05) is 46.6 Å². The largest absolute Gasteiger partial charge is 0.354 e. The number of nitrogens with zero attached hydrogens (tertiary/aromatic N) is 3. The van der Waals surface area contributed by atoms with Crippen LogP contribution in [0.2, 0.25) is 0 Å². The fourth-order valence-electron chi connectivity index (χ4n) is 8.61. The smallest absolute Gasteiger partial charge is 0.247 e. The van der Waals surface area contributed by atoms with Crippen LogP contribution in [0.5, 0.6) is 0 Å². The Labute approximate surface area is 315 Å². The van der Waals surface area contributed by atoms with Crippen LogP contribution in [0.15, 0.2) is 97.1 Å². The third-order valence-corrected chi connectivity index (χ3v) is 11.2. The molecule has 10 nitrogen and oxygen atoms in total. The zero-order valence-corrected chi connectivity index (χ0v) is 30.8. The van der Waals surface area contributed by atoms with E-state index < -0.39 is 18.1 Å². The van der Waals surface area contributed by atoms with E-state index >= 15 is 0 Å². The number of aromatic amines is 1. The van der Waals surface area contributed by atoms with Gasteiger partial charge in [-0.1, -0.05) is 66.7 Å². The van der Waals surface area contributed by atoms with Crippen LogP contribution in [0.25, 0.3) is 22.2 Å². The number of hydrogen-bond acceptors (Lipinski definition) is 5. The van der Waals surface area contributed by atoms with Gasteiger partial charge in [-0.2, -0.15) is 0 Å². The van der Waals surface area contributed by atoms with Gasteiger partial charge < -0.3 is 25.4 Å². The minimum atomic E-state index is -0.535. The number of rotatable bonds is 9. The number of anilines is 2. The third kappa shape index (κ3) is 6.89. The maximum atomic E-state index is 13.8. The quantitative estimate of drug-likeness (QED) is 0.164. The molecule has 10 heteroatoms. The van der Waals surface area contributed by atoms with E-state index in [9.17, 15) is 19.2 Å². The van der Waals surface area contributed by atoms with Crippen LogP contribution in [-0.4, -0.2) is 82.6 Å². The average molecular weight is 723 g/mol. The fraction of sp³-hybridized carbons (Fsp3) is 0.318. The molecule has 54 heavy (non-hydrogen) atoms. The normalized spacial score (nSPS) is 18.4. The maximum absolute atomic E-state index is 13.8. The summed E-state index contributed by atoms with van der Waals surface area (Å²) >= 11 is 0. The number of amides is 4. The number of likely N-dealkylation sites (N-methyl/N-ethyl adjacent to an activating group) is 1. The van der Waals surface area contributed by atoms with Crippen molar-refractivity contribution in [1.82, 2.24) is 19.7 Å². The molecule has 3 aliphatic rings. The summed E-state index contributed by atoms with van der Waals surface area (Å²) in [6.07, 6.45) is 4.76. The number of aromatic nitrogens is 1. The molecular weight excluding hydrogens is 677 g/mol. The lowest BCUT2D eigenvalue weighted by Crippen LogP contribution is -2.47. The topological polar surface area (TPSA) is 118 Å². The average Bonchev–Trinajstić information content (AvgIpc) is 3.95. The molecule has 8 rings (SSSR count). The van der Waals surface area contributed by atoms with Gasteiger partial charge in [-0.3, -0.25) is 24.1 Å². The number of H-pyrrole nitrogens is 1. The fourth-order valence-corrected chi connectivity index (χ4v) is 8.61. The number of likely N-dealkylation sites (tertiary alicyclic amines) is 2. The summed E-state index contributed by atoms with van der Waals surface area (Å²) in [5.41, 5.74) is 8.74. The number of carbonyl (C=O) groups is 4. The number of carbonyl (C=O) groups excluding carboxylic acids is 4. The number of nitrogens with one attached hydrogen (secondary N) is 3. The molecule has 3 atom stereocenters. The molecule has 0 radical (unpaired) electrons. The van der Waals surface area contributed by atoms with Crippen molar-refractivity contribution < 1.29 is 19.2 Å². The van der Waals surface area contributed by atoms with Crippen molar-refractivity contribution in [3.05, 3.63) is 119 Å². The second-order valence-electron chi connectivity index (χ2n) is 15.0. The van der Waals surface area contributed by atoms with Crippen molar-refractivity contribution in [1.29, 1.82) is 0 Å². The number of hydrogen-bond donors (Lipinski definition) is 3. The Morgan fingerprint density at radius 2 is 1.39 bits per heavy atom. The molecule has 2 aliphatic heterocycles. The predicted molar refractivity (Wildman–Crippen MR) is 211 cm³/mol. The van der Waals surface area contributed by atoms with Crippen molar-refractivity contribution >= 4 is 45.9 Å². The van der Waals surface area contributed by atoms with Crippen molar-refractivity contribution in [3.63, 3.8) is 0 Å². The Hall–Kier alpha value is -5.74. The van der Waals surface area contributed by atoms with Gasteiger partial charge in [0.05, 0.1) is 6.42 Å². The van der Waals surface area contributed by atoms with Crippen LogP contribution in [-0.2, 0) is 38.4 Å². The SMILES string of the molecule is CN(C)[C@@H](C(=O)N1CCC[C@H]1C(=O)Nc1ccc2[nH]c3c(c2c1)CCc1cc(NC(=O)[C@@H]2CCCN2C(=O)Cc2ccccc2)ccc1-3)c1ccccc1. The Morgan fingerprint density at radius 3 is 2.09 bits per heavy atom. The number of benzene rings is 4. The van der Waals surface area contributed by atoms with Crippen LogP contribution in [0, 0.1) is 0 Å². The monoisotopic (exact) mass is 722 g/mol. The first kappa shape index (κ1) is 35.3.